The van der Waals surface area contributed by atoms with Crippen molar-refractivity contribution in [3.63, 3.8) is 0 Å². The SMILES string of the molecule is O=C(Oc1cccc(/C=N\Nc2nc(N3CCOCC3)nc(N3CCOCC3)n2)c1)c1ccc([N+](=O)[O-])cc1. The lowest BCUT2D eigenvalue weighted by Crippen LogP contribution is -2.40. The molecule has 5 rings (SSSR count). The number of morpholine rings is 2. The number of hydrogen-bond donors (Lipinski definition) is 1. The van der Waals surface area contributed by atoms with E-state index in [-0.39, 0.29) is 11.3 Å². The van der Waals surface area contributed by atoms with Crippen molar-refractivity contribution in [3.8, 4) is 5.75 Å². The van der Waals surface area contributed by atoms with E-state index in [9.17, 15) is 14.9 Å². The molecular weight excluding hydrogens is 508 g/mol. The maximum atomic E-state index is 12.4. The fourth-order valence-corrected chi connectivity index (χ4v) is 3.92. The average molecular weight is 535 g/mol. The number of benzene rings is 2. The van der Waals surface area contributed by atoms with Crippen LogP contribution in [-0.2, 0) is 9.47 Å². The van der Waals surface area contributed by atoms with E-state index in [1.807, 2.05) is 9.80 Å². The second-order valence-corrected chi connectivity index (χ2v) is 8.59. The van der Waals surface area contributed by atoms with Crippen LogP contribution in [-0.4, -0.2) is 84.7 Å². The lowest BCUT2D eigenvalue weighted by molar-refractivity contribution is -0.384. The van der Waals surface area contributed by atoms with Gasteiger partial charge in [0.1, 0.15) is 5.75 Å². The molecular formula is C25H26N8O6. The predicted molar refractivity (Wildman–Crippen MR) is 142 cm³/mol. The Morgan fingerprint density at radius 3 is 2.15 bits per heavy atom. The second kappa shape index (κ2) is 12.2. The number of ether oxygens (including phenoxy) is 3. The standard InChI is InChI=1S/C25H26N8O6/c34-22(19-4-6-20(7-5-19)33(35)36)39-21-3-1-2-18(16-21)17-26-30-23-27-24(31-8-12-37-13-9-31)29-25(28-23)32-10-14-38-15-11-32/h1-7,16-17H,8-15H2,(H,27,28,29,30)/b26-17-. The molecule has 0 aliphatic carbocycles. The summed E-state index contributed by atoms with van der Waals surface area (Å²) < 4.78 is 16.3. The van der Waals surface area contributed by atoms with E-state index in [1.54, 1.807) is 30.5 Å². The average Bonchev–Trinajstić information content (AvgIpc) is 2.98. The van der Waals surface area contributed by atoms with Crippen molar-refractivity contribution in [1.82, 2.24) is 15.0 Å². The van der Waals surface area contributed by atoms with Gasteiger partial charge in [0.15, 0.2) is 0 Å². The van der Waals surface area contributed by atoms with Crippen molar-refractivity contribution in [1.29, 1.82) is 0 Å². The molecule has 202 valence electrons. The maximum Gasteiger partial charge on any atom is 0.343 e. The van der Waals surface area contributed by atoms with Gasteiger partial charge in [-0.05, 0) is 29.8 Å². The molecule has 0 atom stereocenters. The van der Waals surface area contributed by atoms with Crippen LogP contribution in [0.3, 0.4) is 0 Å². The first-order valence-electron chi connectivity index (χ1n) is 12.3. The molecule has 1 N–H and O–H groups in total. The Labute approximate surface area is 223 Å². The van der Waals surface area contributed by atoms with E-state index in [2.05, 4.69) is 25.5 Å². The summed E-state index contributed by atoms with van der Waals surface area (Å²) in [5.74, 6) is 1.06. The normalized spacial score (nSPS) is 15.8. The first-order chi connectivity index (χ1) is 19.0. The molecule has 0 unspecified atom stereocenters. The lowest BCUT2D eigenvalue weighted by atomic mass is 10.2. The molecule has 14 nitrogen and oxygen atoms in total. The van der Waals surface area contributed by atoms with Crippen LogP contribution < -0.4 is 20.0 Å². The molecule has 39 heavy (non-hydrogen) atoms. The van der Waals surface area contributed by atoms with Crippen LogP contribution in [0.2, 0.25) is 0 Å². The van der Waals surface area contributed by atoms with Crippen LogP contribution in [0.1, 0.15) is 15.9 Å². The minimum atomic E-state index is -0.631. The maximum absolute atomic E-state index is 12.4. The third-order valence-corrected chi connectivity index (χ3v) is 5.96. The third kappa shape index (κ3) is 6.80. The van der Waals surface area contributed by atoms with Crippen molar-refractivity contribution in [3.05, 3.63) is 69.8 Å². The predicted octanol–water partition coefficient (Wildman–Crippen LogP) is 2.12. The Morgan fingerprint density at radius 1 is 0.949 bits per heavy atom. The Bertz CT molecular complexity index is 1300. The molecule has 1 aromatic heterocycles. The number of nitrogens with one attached hydrogen (secondary N) is 1. The highest BCUT2D eigenvalue weighted by Gasteiger charge is 2.20. The molecule has 3 heterocycles. The number of carbonyl (C=O) groups is 1. The van der Waals surface area contributed by atoms with Gasteiger partial charge in [0.2, 0.25) is 17.8 Å². The van der Waals surface area contributed by atoms with Crippen LogP contribution >= 0.6 is 0 Å². The minimum Gasteiger partial charge on any atom is -0.423 e. The van der Waals surface area contributed by atoms with E-state index in [0.29, 0.717) is 81.8 Å². The number of non-ortho nitro benzene ring substituents is 1. The van der Waals surface area contributed by atoms with Gasteiger partial charge in [-0.25, -0.2) is 10.2 Å². The monoisotopic (exact) mass is 534 g/mol. The summed E-state index contributed by atoms with van der Waals surface area (Å²) in [5.41, 5.74) is 3.63. The topological polar surface area (TPSA) is 157 Å². The minimum absolute atomic E-state index is 0.107. The van der Waals surface area contributed by atoms with E-state index in [4.69, 9.17) is 14.2 Å². The van der Waals surface area contributed by atoms with Gasteiger partial charge in [0.25, 0.3) is 5.69 Å². The molecule has 0 radical (unpaired) electrons. The molecule has 2 fully saturated rings. The summed E-state index contributed by atoms with van der Waals surface area (Å²) in [6.45, 7) is 5.13. The number of esters is 1. The van der Waals surface area contributed by atoms with Crippen LogP contribution in [0.25, 0.3) is 0 Å². The van der Waals surface area contributed by atoms with Crippen molar-refractivity contribution >= 4 is 35.7 Å². The molecule has 2 aliphatic rings. The number of rotatable bonds is 8. The van der Waals surface area contributed by atoms with E-state index in [1.165, 1.54) is 24.3 Å². The van der Waals surface area contributed by atoms with Gasteiger partial charge in [0, 0.05) is 38.3 Å². The van der Waals surface area contributed by atoms with Crippen molar-refractivity contribution in [2.24, 2.45) is 5.10 Å². The summed E-state index contributed by atoms with van der Waals surface area (Å²) in [7, 11) is 0. The Balaban J connectivity index is 1.27. The fraction of sp³-hybridized carbons (Fsp3) is 0.320. The van der Waals surface area contributed by atoms with Gasteiger partial charge in [0.05, 0.1) is 43.1 Å². The number of nitrogens with zero attached hydrogens (tertiary/aromatic N) is 7. The van der Waals surface area contributed by atoms with Crippen LogP contribution in [0, 0.1) is 10.1 Å². The van der Waals surface area contributed by atoms with E-state index in [0.717, 1.165) is 0 Å². The Hall–Kier alpha value is -4.69. The third-order valence-electron chi connectivity index (χ3n) is 5.96. The summed E-state index contributed by atoms with van der Waals surface area (Å²) in [5, 5.41) is 15.1. The van der Waals surface area contributed by atoms with E-state index >= 15 is 0 Å². The molecule has 2 aromatic carbocycles. The fourth-order valence-electron chi connectivity index (χ4n) is 3.92. The second-order valence-electron chi connectivity index (χ2n) is 8.59. The Morgan fingerprint density at radius 2 is 1.56 bits per heavy atom. The lowest BCUT2D eigenvalue weighted by Gasteiger charge is -2.30. The van der Waals surface area contributed by atoms with Crippen molar-refractivity contribution < 1.29 is 23.9 Å². The van der Waals surface area contributed by atoms with Gasteiger partial charge in [-0.15, -0.1) is 0 Å². The number of hydrogen-bond acceptors (Lipinski definition) is 13. The molecule has 2 saturated heterocycles. The highest BCUT2D eigenvalue weighted by atomic mass is 16.6. The largest absolute Gasteiger partial charge is 0.423 e. The number of nitro groups is 1. The number of hydrazone groups is 1. The molecule has 14 heteroatoms. The summed E-state index contributed by atoms with van der Waals surface area (Å²) in [6, 6.07) is 12.0. The molecule has 3 aromatic rings. The van der Waals surface area contributed by atoms with Gasteiger partial charge in [-0.1, -0.05) is 12.1 Å². The highest BCUT2D eigenvalue weighted by molar-refractivity contribution is 5.91. The number of carbonyl (C=O) groups excluding carboxylic acids is 1. The number of nitro benzene ring substituents is 1. The van der Waals surface area contributed by atoms with Gasteiger partial charge in [-0.3, -0.25) is 10.1 Å². The summed E-state index contributed by atoms with van der Waals surface area (Å²) in [4.78, 5) is 40.6. The van der Waals surface area contributed by atoms with Crippen molar-refractivity contribution in [2.75, 3.05) is 67.8 Å². The molecule has 2 aliphatic heterocycles. The molecule has 0 bridgehead atoms. The first kappa shape index (κ1) is 25.9. The zero-order valence-electron chi connectivity index (χ0n) is 20.9. The molecule has 0 spiro atoms. The molecule has 0 saturated carbocycles. The smallest absolute Gasteiger partial charge is 0.343 e. The Kier molecular flexibility index (Phi) is 8.14. The van der Waals surface area contributed by atoms with Crippen LogP contribution in [0.15, 0.2) is 53.6 Å². The van der Waals surface area contributed by atoms with Gasteiger partial charge in [-0.2, -0.15) is 20.1 Å². The quantitative estimate of drug-likeness (QED) is 0.148. The highest BCUT2D eigenvalue weighted by Crippen LogP contribution is 2.20. The van der Waals surface area contributed by atoms with Crippen LogP contribution in [0.4, 0.5) is 23.5 Å². The number of aromatic nitrogens is 3. The van der Waals surface area contributed by atoms with Gasteiger partial charge < -0.3 is 24.0 Å². The molecule has 0 amide bonds. The summed E-state index contributed by atoms with van der Waals surface area (Å²) >= 11 is 0. The summed E-state index contributed by atoms with van der Waals surface area (Å²) in [6.07, 6.45) is 1.55. The zero-order valence-corrected chi connectivity index (χ0v) is 20.9. The first-order valence-corrected chi connectivity index (χ1v) is 12.3. The number of anilines is 3. The van der Waals surface area contributed by atoms with Crippen molar-refractivity contribution in [2.45, 2.75) is 0 Å². The van der Waals surface area contributed by atoms with Crippen LogP contribution in [0.5, 0.6) is 5.75 Å². The zero-order chi connectivity index (χ0) is 27.0. The van der Waals surface area contributed by atoms with Gasteiger partial charge >= 0.3 is 5.97 Å². The van der Waals surface area contributed by atoms with E-state index < -0.39 is 10.9 Å².